The van der Waals surface area contributed by atoms with Gasteiger partial charge in [0.25, 0.3) is 0 Å². The highest BCUT2D eigenvalue weighted by molar-refractivity contribution is 6.31. The number of halogens is 2. The molecule has 2 rings (SSSR count). The fraction of sp³-hybridized carbons (Fsp3) is 0.500. The maximum absolute atomic E-state index is 13.6. The Morgan fingerprint density at radius 2 is 2.19 bits per heavy atom. The molecule has 1 saturated carbocycles. The lowest BCUT2D eigenvalue weighted by Crippen LogP contribution is -2.42. The van der Waals surface area contributed by atoms with Crippen molar-refractivity contribution in [1.29, 1.82) is 0 Å². The predicted octanol–water partition coefficient (Wildman–Crippen LogP) is 2.12. The second kappa shape index (κ2) is 4.32. The van der Waals surface area contributed by atoms with Crippen molar-refractivity contribution in [3.05, 3.63) is 34.6 Å². The molecule has 0 amide bonds. The molecule has 0 spiro atoms. The van der Waals surface area contributed by atoms with Crippen LogP contribution >= 0.6 is 11.6 Å². The molecule has 0 radical (unpaired) electrons. The van der Waals surface area contributed by atoms with E-state index in [-0.39, 0.29) is 24.7 Å². The third kappa shape index (κ3) is 2.21. The van der Waals surface area contributed by atoms with E-state index < -0.39 is 5.60 Å². The summed E-state index contributed by atoms with van der Waals surface area (Å²) in [7, 11) is 0. The van der Waals surface area contributed by atoms with Crippen LogP contribution in [0.1, 0.15) is 18.4 Å². The minimum absolute atomic E-state index is 0.141. The summed E-state index contributed by atoms with van der Waals surface area (Å²) >= 11 is 5.93. The van der Waals surface area contributed by atoms with Crippen molar-refractivity contribution < 1.29 is 9.50 Å². The van der Waals surface area contributed by atoms with E-state index >= 15 is 0 Å². The van der Waals surface area contributed by atoms with Gasteiger partial charge in [0.2, 0.25) is 0 Å². The Hall–Kier alpha value is -0.640. The van der Waals surface area contributed by atoms with Crippen LogP contribution in [-0.2, 0) is 6.42 Å². The average molecular weight is 244 g/mol. The van der Waals surface area contributed by atoms with Gasteiger partial charge in [-0.1, -0.05) is 17.7 Å². The van der Waals surface area contributed by atoms with Crippen molar-refractivity contribution in [3.8, 4) is 0 Å². The Labute approximate surface area is 99.2 Å². The molecule has 1 aliphatic rings. The molecule has 0 bridgehead atoms. The molecular weight excluding hydrogens is 229 g/mol. The van der Waals surface area contributed by atoms with Crippen LogP contribution in [0.3, 0.4) is 0 Å². The molecule has 1 aliphatic carbocycles. The molecule has 1 fully saturated rings. The Kier molecular flexibility index (Phi) is 3.19. The zero-order valence-electron chi connectivity index (χ0n) is 8.92. The van der Waals surface area contributed by atoms with Gasteiger partial charge in [0.15, 0.2) is 0 Å². The van der Waals surface area contributed by atoms with Gasteiger partial charge in [-0.15, -0.1) is 0 Å². The Morgan fingerprint density at radius 1 is 1.50 bits per heavy atom. The molecule has 1 aromatic rings. The van der Waals surface area contributed by atoms with E-state index in [0.717, 1.165) is 12.8 Å². The van der Waals surface area contributed by atoms with Gasteiger partial charge in [0.05, 0.1) is 5.60 Å². The van der Waals surface area contributed by atoms with Crippen LogP contribution in [0.2, 0.25) is 5.02 Å². The molecule has 1 aromatic carbocycles. The zero-order valence-corrected chi connectivity index (χ0v) is 9.67. The Balaban J connectivity index is 2.25. The second-order valence-electron chi connectivity index (χ2n) is 4.46. The van der Waals surface area contributed by atoms with Crippen molar-refractivity contribution >= 4 is 11.6 Å². The van der Waals surface area contributed by atoms with Crippen LogP contribution in [0.5, 0.6) is 0 Å². The molecular formula is C12H15ClFNO. The molecule has 1 unspecified atom stereocenters. The van der Waals surface area contributed by atoms with E-state index in [2.05, 4.69) is 0 Å². The van der Waals surface area contributed by atoms with Gasteiger partial charge in [-0.25, -0.2) is 4.39 Å². The van der Waals surface area contributed by atoms with Crippen molar-refractivity contribution in [2.45, 2.75) is 24.9 Å². The third-order valence-electron chi connectivity index (χ3n) is 3.24. The van der Waals surface area contributed by atoms with E-state index in [1.807, 2.05) is 0 Å². The molecule has 2 nitrogen and oxygen atoms in total. The molecule has 4 heteroatoms. The monoisotopic (exact) mass is 243 g/mol. The van der Waals surface area contributed by atoms with Gasteiger partial charge in [0.1, 0.15) is 5.82 Å². The van der Waals surface area contributed by atoms with Crippen molar-refractivity contribution in [2.75, 3.05) is 6.54 Å². The SMILES string of the molecule is NCC(O)(Cc1c(F)cccc1Cl)C1CC1. The lowest BCUT2D eigenvalue weighted by atomic mass is 9.89. The molecule has 0 aromatic heterocycles. The second-order valence-corrected chi connectivity index (χ2v) is 4.87. The van der Waals surface area contributed by atoms with Gasteiger partial charge >= 0.3 is 0 Å². The Bertz CT molecular complexity index is 374. The summed E-state index contributed by atoms with van der Waals surface area (Å²) in [6, 6.07) is 4.54. The van der Waals surface area contributed by atoms with E-state index in [1.165, 1.54) is 6.07 Å². The summed E-state index contributed by atoms with van der Waals surface area (Å²) in [4.78, 5) is 0. The van der Waals surface area contributed by atoms with E-state index in [9.17, 15) is 9.50 Å². The molecule has 88 valence electrons. The highest BCUT2D eigenvalue weighted by Crippen LogP contribution is 2.41. The van der Waals surface area contributed by atoms with Gasteiger partial charge in [0, 0.05) is 23.6 Å². The minimum Gasteiger partial charge on any atom is -0.388 e. The van der Waals surface area contributed by atoms with Crippen LogP contribution in [0.4, 0.5) is 4.39 Å². The number of nitrogens with two attached hydrogens (primary N) is 1. The molecule has 3 N–H and O–H groups in total. The van der Waals surface area contributed by atoms with Crippen LogP contribution in [0, 0.1) is 11.7 Å². The normalized spacial score (nSPS) is 19.5. The quantitative estimate of drug-likeness (QED) is 0.851. The summed E-state index contributed by atoms with van der Waals surface area (Å²) in [5.74, 6) is -0.187. The first-order chi connectivity index (χ1) is 7.57. The van der Waals surface area contributed by atoms with Crippen LogP contribution in [-0.4, -0.2) is 17.3 Å². The van der Waals surface area contributed by atoms with Gasteiger partial charge in [-0.2, -0.15) is 0 Å². The smallest absolute Gasteiger partial charge is 0.127 e. The van der Waals surface area contributed by atoms with E-state index in [0.29, 0.717) is 10.6 Å². The zero-order chi connectivity index (χ0) is 11.8. The first-order valence-electron chi connectivity index (χ1n) is 5.42. The number of aliphatic hydroxyl groups is 1. The lowest BCUT2D eigenvalue weighted by molar-refractivity contribution is 0.0259. The molecule has 0 heterocycles. The fourth-order valence-electron chi connectivity index (χ4n) is 2.01. The lowest BCUT2D eigenvalue weighted by Gasteiger charge is -2.27. The maximum Gasteiger partial charge on any atom is 0.127 e. The number of hydrogen-bond acceptors (Lipinski definition) is 2. The third-order valence-corrected chi connectivity index (χ3v) is 3.59. The summed E-state index contributed by atoms with van der Waals surface area (Å²) in [5.41, 5.74) is 4.94. The summed E-state index contributed by atoms with van der Waals surface area (Å²) in [6.45, 7) is 0.141. The van der Waals surface area contributed by atoms with E-state index in [4.69, 9.17) is 17.3 Å². The maximum atomic E-state index is 13.6. The molecule has 16 heavy (non-hydrogen) atoms. The van der Waals surface area contributed by atoms with Crippen LogP contribution < -0.4 is 5.73 Å². The molecule has 0 aliphatic heterocycles. The van der Waals surface area contributed by atoms with Crippen LogP contribution in [0.25, 0.3) is 0 Å². The predicted molar refractivity (Wildman–Crippen MR) is 61.8 cm³/mol. The topological polar surface area (TPSA) is 46.2 Å². The summed E-state index contributed by atoms with van der Waals surface area (Å²) < 4.78 is 13.6. The number of rotatable bonds is 4. The van der Waals surface area contributed by atoms with Gasteiger partial charge in [-0.05, 0) is 30.9 Å². The Morgan fingerprint density at radius 3 is 2.69 bits per heavy atom. The number of hydrogen-bond donors (Lipinski definition) is 2. The standard InChI is InChI=1S/C12H15ClFNO/c13-10-2-1-3-11(14)9(10)6-12(16,7-15)8-4-5-8/h1-3,8,16H,4-7,15H2. The highest BCUT2D eigenvalue weighted by Gasteiger charge is 2.43. The average Bonchev–Trinajstić information content (AvgIpc) is 3.07. The molecule has 0 saturated heterocycles. The first kappa shape index (κ1) is 11.8. The number of benzene rings is 1. The van der Waals surface area contributed by atoms with Gasteiger partial charge in [-0.3, -0.25) is 0 Å². The summed E-state index contributed by atoms with van der Waals surface area (Å²) in [6.07, 6.45) is 2.11. The van der Waals surface area contributed by atoms with Crippen molar-refractivity contribution in [3.63, 3.8) is 0 Å². The van der Waals surface area contributed by atoms with Gasteiger partial charge < -0.3 is 10.8 Å². The van der Waals surface area contributed by atoms with Crippen LogP contribution in [0.15, 0.2) is 18.2 Å². The van der Waals surface area contributed by atoms with E-state index in [1.54, 1.807) is 12.1 Å². The molecule has 1 atom stereocenters. The largest absolute Gasteiger partial charge is 0.388 e. The fourth-order valence-corrected chi connectivity index (χ4v) is 2.24. The minimum atomic E-state index is -1.01. The van der Waals surface area contributed by atoms with Crippen molar-refractivity contribution in [2.24, 2.45) is 11.7 Å². The summed E-state index contributed by atoms with van der Waals surface area (Å²) in [5, 5.41) is 10.7. The first-order valence-corrected chi connectivity index (χ1v) is 5.80. The highest BCUT2D eigenvalue weighted by atomic mass is 35.5. The van der Waals surface area contributed by atoms with Crippen molar-refractivity contribution in [1.82, 2.24) is 0 Å².